The average molecular weight is 273 g/mol. The van der Waals surface area contributed by atoms with Crippen molar-refractivity contribution in [2.75, 3.05) is 18.0 Å². The van der Waals surface area contributed by atoms with Gasteiger partial charge in [-0.25, -0.2) is 0 Å². The molecule has 3 rings (SSSR count). The van der Waals surface area contributed by atoms with Crippen LogP contribution in [0.1, 0.15) is 40.5 Å². The van der Waals surface area contributed by atoms with Gasteiger partial charge in [-0.2, -0.15) is 0 Å². The van der Waals surface area contributed by atoms with Crippen molar-refractivity contribution in [3.05, 3.63) is 24.3 Å². The Morgan fingerprint density at radius 3 is 2.10 bits per heavy atom. The van der Waals surface area contributed by atoms with Gasteiger partial charge in [0.2, 0.25) is 0 Å². The molecule has 2 aliphatic rings. The minimum Gasteiger partial charge on any atom is -0.399 e. The van der Waals surface area contributed by atoms with Crippen molar-refractivity contribution >= 4 is 18.3 Å². The van der Waals surface area contributed by atoms with E-state index in [1.807, 2.05) is 0 Å². The molecule has 1 aromatic carbocycles. The molecular formula is C16H24BNO2. The highest BCUT2D eigenvalue weighted by Crippen LogP contribution is 2.37. The van der Waals surface area contributed by atoms with Crippen LogP contribution < -0.4 is 10.4 Å². The number of anilines is 1. The molecule has 0 amide bonds. The molecule has 0 atom stereocenters. The summed E-state index contributed by atoms with van der Waals surface area (Å²) in [5, 5.41) is 0. The van der Waals surface area contributed by atoms with E-state index in [-0.39, 0.29) is 18.3 Å². The van der Waals surface area contributed by atoms with Crippen LogP contribution in [0.4, 0.5) is 5.69 Å². The molecule has 1 aromatic rings. The Balaban J connectivity index is 1.92. The molecule has 2 aliphatic heterocycles. The maximum absolute atomic E-state index is 6.20. The fraction of sp³-hybridized carbons (Fsp3) is 0.625. The summed E-state index contributed by atoms with van der Waals surface area (Å²) in [5.41, 5.74) is 1.86. The smallest absolute Gasteiger partial charge is 0.399 e. The van der Waals surface area contributed by atoms with Crippen molar-refractivity contribution in [2.45, 2.75) is 51.7 Å². The van der Waals surface area contributed by atoms with E-state index < -0.39 is 0 Å². The summed E-state index contributed by atoms with van der Waals surface area (Å²) >= 11 is 0. The highest BCUT2D eigenvalue weighted by Gasteiger charge is 2.52. The summed E-state index contributed by atoms with van der Waals surface area (Å²) in [6.07, 6.45) is 2.55. The van der Waals surface area contributed by atoms with Gasteiger partial charge in [-0.15, -0.1) is 0 Å². The van der Waals surface area contributed by atoms with Gasteiger partial charge >= 0.3 is 7.12 Å². The summed E-state index contributed by atoms with van der Waals surface area (Å²) in [5.74, 6) is 0. The second-order valence-corrected chi connectivity index (χ2v) is 6.84. The van der Waals surface area contributed by atoms with E-state index >= 15 is 0 Å². The molecule has 0 spiro atoms. The van der Waals surface area contributed by atoms with Crippen molar-refractivity contribution in [1.82, 2.24) is 0 Å². The van der Waals surface area contributed by atoms with Crippen LogP contribution >= 0.6 is 0 Å². The molecule has 0 saturated carbocycles. The predicted octanol–water partition coefficient (Wildman–Crippen LogP) is 2.59. The van der Waals surface area contributed by atoms with Gasteiger partial charge in [-0.3, -0.25) is 0 Å². The van der Waals surface area contributed by atoms with Gasteiger partial charge in [0.25, 0.3) is 0 Å². The van der Waals surface area contributed by atoms with Crippen LogP contribution in [0.2, 0.25) is 0 Å². The Hall–Kier alpha value is -0.995. The van der Waals surface area contributed by atoms with Crippen LogP contribution in [0.25, 0.3) is 0 Å². The van der Waals surface area contributed by atoms with E-state index in [0.29, 0.717) is 0 Å². The van der Waals surface area contributed by atoms with Crippen LogP contribution in [0.3, 0.4) is 0 Å². The fourth-order valence-electron chi connectivity index (χ4n) is 2.90. The van der Waals surface area contributed by atoms with E-state index in [1.54, 1.807) is 0 Å². The van der Waals surface area contributed by atoms with Gasteiger partial charge in [-0.05, 0) is 46.6 Å². The van der Waals surface area contributed by atoms with Crippen LogP contribution in [0.5, 0.6) is 0 Å². The quantitative estimate of drug-likeness (QED) is 0.773. The van der Waals surface area contributed by atoms with Crippen LogP contribution in [-0.2, 0) is 9.31 Å². The zero-order valence-electron chi connectivity index (χ0n) is 13.0. The maximum Gasteiger partial charge on any atom is 0.496 e. The maximum atomic E-state index is 6.20. The molecule has 108 valence electrons. The number of nitrogens with zero attached hydrogens (tertiary/aromatic N) is 1. The molecule has 0 radical (unpaired) electrons. The summed E-state index contributed by atoms with van der Waals surface area (Å²) in [7, 11) is -0.267. The molecule has 0 aromatic heterocycles. The predicted molar refractivity (Wildman–Crippen MR) is 83.6 cm³/mol. The standard InChI is InChI=1S/C16H24BNO2/c1-15(2)16(3,4)20-17(19-15)13-9-5-6-10-14(13)18-11-7-8-12-18/h5-6,9-10H,7-8,11-12H2,1-4H3. The van der Waals surface area contributed by atoms with E-state index in [1.165, 1.54) is 18.5 Å². The van der Waals surface area contributed by atoms with E-state index in [4.69, 9.17) is 9.31 Å². The monoisotopic (exact) mass is 273 g/mol. The summed E-state index contributed by atoms with van der Waals surface area (Å²) in [6, 6.07) is 8.49. The highest BCUT2D eigenvalue weighted by molar-refractivity contribution is 6.64. The minimum atomic E-state index is -0.282. The number of para-hydroxylation sites is 1. The number of benzene rings is 1. The second kappa shape index (κ2) is 4.78. The van der Waals surface area contributed by atoms with Crippen molar-refractivity contribution < 1.29 is 9.31 Å². The minimum absolute atomic E-state index is 0.267. The van der Waals surface area contributed by atoms with Crippen LogP contribution in [-0.4, -0.2) is 31.4 Å². The largest absolute Gasteiger partial charge is 0.496 e. The van der Waals surface area contributed by atoms with Crippen LogP contribution in [0, 0.1) is 0 Å². The lowest BCUT2D eigenvalue weighted by Crippen LogP contribution is -2.41. The Kier molecular flexibility index (Phi) is 3.34. The Morgan fingerprint density at radius 1 is 0.950 bits per heavy atom. The van der Waals surface area contributed by atoms with Gasteiger partial charge < -0.3 is 14.2 Å². The molecule has 0 N–H and O–H groups in total. The summed E-state index contributed by atoms with van der Waals surface area (Å²) in [6.45, 7) is 10.7. The van der Waals surface area contributed by atoms with Crippen molar-refractivity contribution in [1.29, 1.82) is 0 Å². The average Bonchev–Trinajstić information content (AvgIpc) is 2.97. The molecular weight excluding hydrogens is 249 g/mol. The lowest BCUT2D eigenvalue weighted by molar-refractivity contribution is 0.00578. The zero-order valence-corrected chi connectivity index (χ0v) is 13.0. The summed E-state index contributed by atoms with van der Waals surface area (Å²) in [4.78, 5) is 2.44. The van der Waals surface area contributed by atoms with E-state index in [9.17, 15) is 0 Å². The third-order valence-electron chi connectivity index (χ3n) is 4.89. The number of rotatable bonds is 2. The van der Waals surface area contributed by atoms with Gasteiger partial charge in [0.15, 0.2) is 0 Å². The summed E-state index contributed by atoms with van der Waals surface area (Å²) < 4.78 is 12.4. The van der Waals surface area contributed by atoms with E-state index in [2.05, 4.69) is 56.9 Å². The normalized spacial score (nSPS) is 24.4. The molecule has 0 bridgehead atoms. The first-order valence-corrected chi connectivity index (χ1v) is 7.60. The third kappa shape index (κ3) is 2.25. The van der Waals surface area contributed by atoms with Gasteiger partial charge in [0.1, 0.15) is 0 Å². The van der Waals surface area contributed by atoms with Crippen molar-refractivity contribution in [2.24, 2.45) is 0 Å². The SMILES string of the molecule is CC1(C)OB(c2ccccc2N2CCCC2)OC1(C)C. The fourth-order valence-corrected chi connectivity index (χ4v) is 2.90. The lowest BCUT2D eigenvalue weighted by Gasteiger charge is -2.32. The van der Waals surface area contributed by atoms with Crippen LogP contribution in [0.15, 0.2) is 24.3 Å². The lowest BCUT2D eigenvalue weighted by atomic mass is 9.77. The second-order valence-electron chi connectivity index (χ2n) is 6.84. The van der Waals surface area contributed by atoms with Crippen molar-refractivity contribution in [3.63, 3.8) is 0 Å². The third-order valence-corrected chi connectivity index (χ3v) is 4.89. The Morgan fingerprint density at radius 2 is 1.50 bits per heavy atom. The Labute approximate surface area is 122 Å². The Bertz CT molecular complexity index is 479. The number of hydrogen-bond acceptors (Lipinski definition) is 3. The molecule has 3 nitrogen and oxygen atoms in total. The van der Waals surface area contributed by atoms with Gasteiger partial charge in [-0.1, -0.05) is 18.2 Å². The van der Waals surface area contributed by atoms with Crippen molar-refractivity contribution in [3.8, 4) is 0 Å². The first-order chi connectivity index (χ1) is 9.41. The van der Waals surface area contributed by atoms with Gasteiger partial charge in [0.05, 0.1) is 11.2 Å². The van der Waals surface area contributed by atoms with E-state index in [0.717, 1.165) is 18.6 Å². The van der Waals surface area contributed by atoms with Gasteiger partial charge in [0, 0.05) is 24.2 Å². The molecule has 0 unspecified atom stereocenters. The first kappa shape index (κ1) is 14.0. The zero-order chi connectivity index (χ0) is 14.4. The highest BCUT2D eigenvalue weighted by atomic mass is 16.7. The first-order valence-electron chi connectivity index (χ1n) is 7.60. The molecule has 4 heteroatoms. The topological polar surface area (TPSA) is 21.7 Å². The molecule has 0 aliphatic carbocycles. The number of hydrogen-bond donors (Lipinski definition) is 0. The molecule has 20 heavy (non-hydrogen) atoms. The molecule has 2 fully saturated rings. The molecule has 2 saturated heterocycles. The molecule has 2 heterocycles.